The number of aliphatic hydroxyl groups is 1. The van der Waals surface area contributed by atoms with Gasteiger partial charge in [-0.2, -0.15) is 5.26 Å². The average Bonchev–Trinajstić information content (AvgIpc) is 2.85. The predicted octanol–water partition coefficient (Wildman–Crippen LogP) is 1.45. The van der Waals surface area contributed by atoms with E-state index in [-0.39, 0.29) is 10.8 Å². The first-order valence-corrected chi connectivity index (χ1v) is 7.89. The molecule has 0 unspecified atom stereocenters. The van der Waals surface area contributed by atoms with Gasteiger partial charge >= 0.3 is 0 Å². The van der Waals surface area contributed by atoms with E-state index >= 15 is 0 Å². The van der Waals surface area contributed by atoms with Gasteiger partial charge in [-0.25, -0.2) is 13.1 Å². The summed E-state index contributed by atoms with van der Waals surface area (Å²) >= 11 is 0.912. The van der Waals surface area contributed by atoms with Crippen LogP contribution >= 0.6 is 11.3 Å². The Labute approximate surface area is 111 Å². The summed E-state index contributed by atoms with van der Waals surface area (Å²) in [5, 5.41) is 18.7. The van der Waals surface area contributed by atoms with Gasteiger partial charge in [0.15, 0.2) is 0 Å². The molecule has 0 radical (unpaired) electrons. The second-order valence-corrected chi connectivity index (χ2v) is 7.06. The van der Waals surface area contributed by atoms with Crippen LogP contribution in [-0.4, -0.2) is 25.7 Å². The number of nitrogens with one attached hydrogen (secondary N) is 1. The maximum Gasteiger partial charge on any atom is 0.250 e. The third-order valence-electron chi connectivity index (χ3n) is 2.86. The highest BCUT2D eigenvalue weighted by atomic mass is 32.2. The summed E-state index contributed by atoms with van der Waals surface area (Å²) in [6, 6.07) is 4.75. The van der Waals surface area contributed by atoms with E-state index in [1.165, 1.54) is 12.1 Å². The molecule has 0 saturated carbocycles. The molecule has 0 spiro atoms. The number of hydrogen-bond donors (Lipinski definition) is 2. The molecule has 0 aliphatic carbocycles. The lowest BCUT2D eigenvalue weighted by molar-refractivity contribution is 0.0377. The zero-order valence-electron chi connectivity index (χ0n) is 10.3. The molecule has 18 heavy (non-hydrogen) atoms. The van der Waals surface area contributed by atoms with E-state index in [1.54, 1.807) is 13.8 Å². The second kappa shape index (κ2) is 5.80. The third kappa shape index (κ3) is 3.53. The minimum absolute atomic E-state index is 0.0257. The quantitative estimate of drug-likeness (QED) is 0.829. The van der Waals surface area contributed by atoms with Gasteiger partial charge in [-0.05, 0) is 25.0 Å². The lowest BCUT2D eigenvalue weighted by Gasteiger charge is -2.25. The first-order valence-electron chi connectivity index (χ1n) is 5.59. The largest absolute Gasteiger partial charge is 0.389 e. The summed E-state index contributed by atoms with van der Waals surface area (Å²) in [6.07, 6.45) is 0.944. The highest BCUT2D eigenvalue weighted by Crippen LogP contribution is 2.21. The van der Waals surface area contributed by atoms with Gasteiger partial charge in [0.25, 0.3) is 0 Å². The number of hydrogen-bond acceptors (Lipinski definition) is 5. The molecule has 5 nitrogen and oxygen atoms in total. The Bertz CT molecular complexity index is 539. The molecule has 0 aromatic carbocycles. The van der Waals surface area contributed by atoms with Crippen LogP contribution in [0.1, 0.15) is 31.6 Å². The van der Waals surface area contributed by atoms with Crippen LogP contribution in [0.4, 0.5) is 0 Å². The summed E-state index contributed by atoms with van der Waals surface area (Å²) in [4.78, 5) is 0.344. The van der Waals surface area contributed by atoms with Crippen molar-refractivity contribution in [2.75, 3.05) is 6.54 Å². The van der Waals surface area contributed by atoms with E-state index in [9.17, 15) is 13.5 Å². The summed E-state index contributed by atoms with van der Waals surface area (Å²) in [5.74, 6) is 0. The minimum atomic E-state index is -3.65. The maximum atomic E-state index is 11.9. The first-order chi connectivity index (χ1) is 8.37. The highest BCUT2D eigenvalue weighted by molar-refractivity contribution is 7.91. The van der Waals surface area contributed by atoms with Crippen LogP contribution in [0.25, 0.3) is 0 Å². The lowest BCUT2D eigenvalue weighted by Crippen LogP contribution is -2.41. The van der Waals surface area contributed by atoms with E-state index < -0.39 is 15.6 Å². The zero-order valence-corrected chi connectivity index (χ0v) is 11.9. The molecule has 0 aliphatic heterocycles. The van der Waals surface area contributed by atoms with E-state index in [0.29, 0.717) is 17.7 Å². The van der Waals surface area contributed by atoms with E-state index in [4.69, 9.17) is 5.26 Å². The Hall–Kier alpha value is -0.940. The molecular weight excluding hydrogens is 272 g/mol. The number of sulfonamides is 1. The molecule has 0 fully saturated rings. The van der Waals surface area contributed by atoms with Crippen LogP contribution in [-0.2, 0) is 10.0 Å². The van der Waals surface area contributed by atoms with E-state index in [1.807, 2.05) is 6.07 Å². The summed E-state index contributed by atoms with van der Waals surface area (Å²) in [6.45, 7) is 3.58. The molecule has 7 heteroatoms. The van der Waals surface area contributed by atoms with Crippen molar-refractivity contribution in [3.63, 3.8) is 0 Å². The average molecular weight is 288 g/mol. The molecule has 1 aromatic heterocycles. The van der Waals surface area contributed by atoms with Crippen LogP contribution in [0.15, 0.2) is 16.3 Å². The molecular formula is C11H16N2O3S2. The van der Waals surface area contributed by atoms with Crippen molar-refractivity contribution in [2.24, 2.45) is 0 Å². The van der Waals surface area contributed by atoms with Crippen molar-refractivity contribution in [2.45, 2.75) is 36.5 Å². The Morgan fingerprint density at radius 2 is 2.06 bits per heavy atom. The van der Waals surface area contributed by atoms with Crippen LogP contribution in [0.2, 0.25) is 0 Å². The van der Waals surface area contributed by atoms with Gasteiger partial charge in [0.2, 0.25) is 10.0 Å². The van der Waals surface area contributed by atoms with Crippen molar-refractivity contribution in [1.82, 2.24) is 4.72 Å². The highest BCUT2D eigenvalue weighted by Gasteiger charge is 2.26. The van der Waals surface area contributed by atoms with Gasteiger partial charge < -0.3 is 5.11 Å². The lowest BCUT2D eigenvalue weighted by atomic mass is 9.98. The summed E-state index contributed by atoms with van der Waals surface area (Å²) in [7, 11) is -3.65. The Morgan fingerprint density at radius 1 is 1.44 bits per heavy atom. The molecule has 100 valence electrons. The molecule has 0 saturated heterocycles. The minimum Gasteiger partial charge on any atom is -0.389 e. The normalized spacial score (nSPS) is 12.3. The van der Waals surface area contributed by atoms with Crippen LogP contribution in [0, 0.1) is 11.3 Å². The molecule has 0 aliphatic rings. The van der Waals surface area contributed by atoms with Gasteiger partial charge in [-0.1, -0.05) is 13.8 Å². The van der Waals surface area contributed by atoms with Crippen molar-refractivity contribution in [1.29, 1.82) is 5.26 Å². The number of nitriles is 1. The number of thiophene rings is 1. The monoisotopic (exact) mass is 288 g/mol. The molecule has 1 rings (SSSR count). The summed E-state index contributed by atoms with van der Waals surface area (Å²) in [5.41, 5.74) is -1.03. The number of rotatable bonds is 6. The van der Waals surface area contributed by atoms with Crippen LogP contribution < -0.4 is 4.72 Å². The zero-order chi connectivity index (χ0) is 13.8. The van der Waals surface area contributed by atoms with Gasteiger partial charge in [-0.3, -0.25) is 0 Å². The van der Waals surface area contributed by atoms with Crippen molar-refractivity contribution < 1.29 is 13.5 Å². The van der Waals surface area contributed by atoms with Crippen molar-refractivity contribution >= 4 is 21.4 Å². The van der Waals surface area contributed by atoms with Gasteiger partial charge in [0.05, 0.1) is 5.60 Å². The molecule has 0 bridgehead atoms. The number of nitrogens with zero attached hydrogens (tertiary/aromatic N) is 1. The molecule has 0 amide bonds. The van der Waals surface area contributed by atoms with Gasteiger partial charge in [-0.15, -0.1) is 11.3 Å². The van der Waals surface area contributed by atoms with Crippen LogP contribution in [0.5, 0.6) is 0 Å². The van der Waals surface area contributed by atoms with E-state index in [2.05, 4.69) is 4.72 Å². The molecule has 2 N–H and O–H groups in total. The Kier molecular flexibility index (Phi) is 4.87. The Morgan fingerprint density at radius 3 is 2.50 bits per heavy atom. The van der Waals surface area contributed by atoms with Gasteiger partial charge in [0.1, 0.15) is 15.2 Å². The van der Waals surface area contributed by atoms with Crippen molar-refractivity contribution in [3.05, 3.63) is 17.0 Å². The third-order valence-corrected chi connectivity index (χ3v) is 5.75. The molecule has 1 aromatic rings. The second-order valence-electron chi connectivity index (χ2n) is 3.99. The first kappa shape index (κ1) is 15.1. The topological polar surface area (TPSA) is 90.2 Å². The fraction of sp³-hybridized carbons (Fsp3) is 0.545. The summed E-state index contributed by atoms with van der Waals surface area (Å²) < 4.78 is 26.3. The fourth-order valence-electron chi connectivity index (χ4n) is 1.33. The van der Waals surface area contributed by atoms with Crippen LogP contribution in [0.3, 0.4) is 0 Å². The molecule has 0 atom stereocenters. The smallest absolute Gasteiger partial charge is 0.250 e. The molecule has 1 heterocycles. The predicted molar refractivity (Wildman–Crippen MR) is 69.8 cm³/mol. The SMILES string of the molecule is CCC(O)(CC)CNS(=O)(=O)c1ccc(C#N)s1. The maximum absolute atomic E-state index is 11.9. The van der Waals surface area contributed by atoms with E-state index in [0.717, 1.165) is 11.3 Å². The Balaban J connectivity index is 2.81. The fourth-order valence-corrected chi connectivity index (χ4v) is 3.59. The van der Waals surface area contributed by atoms with Crippen molar-refractivity contribution in [3.8, 4) is 6.07 Å². The van der Waals surface area contributed by atoms with Gasteiger partial charge in [0, 0.05) is 6.54 Å². The standard InChI is InChI=1S/C11H16N2O3S2/c1-3-11(14,4-2)8-13-18(15,16)10-6-5-9(7-12)17-10/h5-6,13-14H,3-4,8H2,1-2H3.